The molecule has 0 heterocycles. The van der Waals surface area contributed by atoms with Gasteiger partial charge >= 0.3 is 11.9 Å². The van der Waals surface area contributed by atoms with Crippen LogP contribution in [0.15, 0.2) is 12.2 Å². The zero-order valence-electron chi connectivity index (χ0n) is 12.1. The van der Waals surface area contributed by atoms with Crippen LogP contribution >= 0.6 is 0 Å². The van der Waals surface area contributed by atoms with Crippen molar-refractivity contribution in [2.24, 2.45) is 22.7 Å². The molecule has 0 radical (unpaired) electrons. The molecule has 1 fully saturated rings. The Bertz CT molecular complexity index is 410. The predicted octanol–water partition coefficient (Wildman–Crippen LogP) is 2.33. The number of methoxy groups -OCH3 is 2. The Kier molecular flexibility index (Phi) is 3.45. The number of esters is 2. The van der Waals surface area contributed by atoms with Crippen molar-refractivity contribution in [3.8, 4) is 0 Å². The van der Waals surface area contributed by atoms with E-state index in [-0.39, 0.29) is 11.3 Å². The van der Waals surface area contributed by atoms with Crippen molar-refractivity contribution >= 4 is 11.9 Å². The van der Waals surface area contributed by atoms with Gasteiger partial charge in [0.1, 0.15) is 0 Å². The minimum Gasteiger partial charge on any atom is -0.468 e. The first-order valence-electron chi connectivity index (χ1n) is 6.74. The standard InChI is InChI=1S/C15H22O4/c1-10-6-5-7-11-8-15(12(16)18-3,13(17)19-4)9-14(10,11)2/h5,7,10-11H,6,8-9H2,1-4H3/t10-,11-,14+/m0/s1. The van der Waals surface area contributed by atoms with Crippen LogP contribution in [0.1, 0.15) is 33.1 Å². The first-order chi connectivity index (χ1) is 8.90. The third kappa shape index (κ3) is 1.88. The van der Waals surface area contributed by atoms with Gasteiger partial charge in [-0.2, -0.15) is 0 Å². The molecule has 0 saturated heterocycles. The minimum absolute atomic E-state index is 0.0445. The molecular formula is C15H22O4. The van der Waals surface area contributed by atoms with Crippen molar-refractivity contribution in [3.05, 3.63) is 12.2 Å². The van der Waals surface area contributed by atoms with E-state index in [0.717, 1.165) is 6.42 Å². The Hall–Kier alpha value is -1.32. The van der Waals surface area contributed by atoms with Gasteiger partial charge in [-0.3, -0.25) is 9.59 Å². The van der Waals surface area contributed by atoms with Crippen LogP contribution in [-0.2, 0) is 19.1 Å². The van der Waals surface area contributed by atoms with Crippen LogP contribution in [0.2, 0.25) is 0 Å². The highest BCUT2D eigenvalue weighted by molar-refractivity contribution is 6.00. The van der Waals surface area contributed by atoms with Crippen molar-refractivity contribution in [1.82, 2.24) is 0 Å². The van der Waals surface area contributed by atoms with Gasteiger partial charge in [-0.15, -0.1) is 0 Å². The normalized spacial score (nSPS) is 35.6. The molecule has 1 saturated carbocycles. The number of carbonyl (C=O) groups excluding carboxylic acids is 2. The van der Waals surface area contributed by atoms with E-state index in [9.17, 15) is 9.59 Å². The van der Waals surface area contributed by atoms with E-state index >= 15 is 0 Å². The van der Waals surface area contributed by atoms with Crippen LogP contribution in [0, 0.1) is 22.7 Å². The van der Waals surface area contributed by atoms with Crippen molar-refractivity contribution in [1.29, 1.82) is 0 Å². The molecule has 0 amide bonds. The maximum atomic E-state index is 12.2. The first kappa shape index (κ1) is 14.1. The molecule has 19 heavy (non-hydrogen) atoms. The van der Waals surface area contributed by atoms with Crippen LogP contribution < -0.4 is 0 Å². The molecule has 2 aliphatic carbocycles. The fraction of sp³-hybridized carbons (Fsp3) is 0.733. The summed E-state index contributed by atoms with van der Waals surface area (Å²) in [7, 11) is 2.66. The summed E-state index contributed by atoms with van der Waals surface area (Å²) < 4.78 is 9.77. The second-order valence-corrected chi connectivity index (χ2v) is 6.12. The second-order valence-electron chi connectivity index (χ2n) is 6.12. The van der Waals surface area contributed by atoms with Crippen LogP contribution in [0.25, 0.3) is 0 Å². The molecule has 0 aliphatic heterocycles. The molecule has 2 rings (SSSR count). The molecule has 0 aromatic heterocycles. The lowest BCUT2D eigenvalue weighted by Gasteiger charge is -2.39. The number of rotatable bonds is 2. The van der Waals surface area contributed by atoms with Gasteiger partial charge in [0, 0.05) is 0 Å². The van der Waals surface area contributed by atoms with Crippen molar-refractivity contribution in [3.63, 3.8) is 0 Å². The quantitative estimate of drug-likeness (QED) is 0.437. The van der Waals surface area contributed by atoms with Crippen molar-refractivity contribution < 1.29 is 19.1 Å². The highest BCUT2D eigenvalue weighted by Gasteiger charge is 2.62. The summed E-state index contributed by atoms with van der Waals surface area (Å²) >= 11 is 0. The lowest BCUT2D eigenvalue weighted by molar-refractivity contribution is -0.169. The van der Waals surface area contributed by atoms with E-state index in [4.69, 9.17) is 9.47 Å². The number of ether oxygens (including phenoxy) is 2. The maximum Gasteiger partial charge on any atom is 0.323 e. The summed E-state index contributed by atoms with van der Waals surface area (Å²) in [6.07, 6.45) is 6.29. The largest absolute Gasteiger partial charge is 0.468 e. The number of fused-ring (bicyclic) bond motifs is 1. The molecule has 4 heteroatoms. The summed E-state index contributed by atoms with van der Waals surface area (Å²) in [5.74, 6) is -0.251. The summed E-state index contributed by atoms with van der Waals surface area (Å²) in [5, 5.41) is 0. The molecule has 106 valence electrons. The lowest BCUT2D eigenvalue weighted by atomic mass is 9.66. The van der Waals surface area contributed by atoms with Gasteiger partial charge in [0.15, 0.2) is 5.41 Å². The molecule has 0 unspecified atom stereocenters. The van der Waals surface area contributed by atoms with Crippen LogP contribution in [-0.4, -0.2) is 26.2 Å². The Morgan fingerprint density at radius 2 is 1.79 bits per heavy atom. The molecule has 4 nitrogen and oxygen atoms in total. The molecule has 0 aromatic carbocycles. The van der Waals surface area contributed by atoms with Gasteiger partial charge in [-0.1, -0.05) is 26.0 Å². The predicted molar refractivity (Wildman–Crippen MR) is 70.2 cm³/mol. The zero-order chi connectivity index (χ0) is 14.3. The zero-order valence-corrected chi connectivity index (χ0v) is 12.1. The Morgan fingerprint density at radius 3 is 2.26 bits per heavy atom. The van der Waals surface area contributed by atoms with Crippen LogP contribution in [0.4, 0.5) is 0 Å². The van der Waals surface area contributed by atoms with Gasteiger partial charge < -0.3 is 9.47 Å². The van der Waals surface area contributed by atoms with Crippen molar-refractivity contribution in [2.45, 2.75) is 33.1 Å². The minimum atomic E-state index is -1.13. The number of hydrogen-bond donors (Lipinski definition) is 0. The van der Waals surface area contributed by atoms with E-state index < -0.39 is 17.4 Å². The average Bonchev–Trinajstić information content (AvgIpc) is 2.73. The molecular weight excluding hydrogens is 244 g/mol. The average molecular weight is 266 g/mol. The summed E-state index contributed by atoms with van der Waals surface area (Å²) in [6.45, 7) is 4.35. The van der Waals surface area contributed by atoms with Gasteiger partial charge in [0.25, 0.3) is 0 Å². The topological polar surface area (TPSA) is 52.6 Å². The smallest absolute Gasteiger partial charge is 0.323 e. The monoisotopic (exact) mass is 266 g/mol. The molecule has 3 atom stereocenters. The molecule has 0 bridgehead atoms. The third-order valence-electron chi connectivity index (χ3n) is 5.23. The van der Waals surface area contributed by atoms with Crippen LogP contribution in [0.5, 0.6) is 0 Å². The van der Waals surface area contributed by atoms with Crippen molar-refractivity contribution in [2.75, 3.05) is 14.2 Å². The van der Waals surface area contributed by atoms with Gasteiger partial charge in [0.2, 0.25) is 0 Å². The fourth-order valence-electron chi connectivity index (χ4n) is 3.79. The number of hydrogen-bond acceptors (Lipinski definition) is 4. The molecule has 2 aliphatic rings. The SMILES string of the molecule is COC(=O)C1(C(=O)OC)C[C@@H]2C=CC[C@H](C)[C@@]2(C)C1. The van der Waals surface area contributed by atoms with Crippen LogP contribution in [0.3, 0.4) is 0 Å². The summed E-state index contributed by atoms with van der Waals surface area (Å²) in [6, 6.07) is 0. The highest BCUT2D eigenvalue weighted by Crippen LogP contribution is 2.60. The van der Waals surface area contributed by atoms with Gasteiger partial charge in [-0.25, -0.2) is 0 Å². The van der Waals surface area contributed by atoms with E-state index in [2.05, 4.69) is 26.0 Å². The van der Waals surface area contributed by atoms with E-state index in [0.29, 0.717) is 18.8 Å². The number of carbonyl (C=O) groups is 2. The van der Waals surface area contributed by atoms with E-state index in [1.807, 2.05) is 0 Å². The van der Waals surface area contributed by atoms with Gasteiger partial charge in [-0.05, 0) is 36.5 Å². The Morgan fingerprint density at radius 1 is 1.21 bits per heavy atom. The fourth-order valence-corrected chi connectivity index (χ4v) is 3.79. The third-order valence-corrected chi connectivity index (χ3v) is 5.23. The molecule has 0 spiro atoms. The first-order valence-corrected chi connectivity index (χ1v) is 6.74. The summed E-state index contributed by atoms with van der Waals surface area (Å²) in [5.41, 5.74) is -1.18. The molecule has 0 aromatic rings. The summed E-state index contributed by atoms with van der Waals surface area (Å²) in [4.78, 5) is 24.4. The second kappa shape index (κ2) is 4.66. The van der Waals surface area contributed by atoms with E-state index in [1.165, 1.54) is 14.2 Å². The van der Waals surface area contributed by atoms with Gasteiger partial charge in [0.05, 0.1) is 14.2 Å². The maximum absolute atomic E-state index is 12.2. The van der Waals surface area contributed by atoms with E-state index in [1.54, 1.807) is 0 Å². The highest BCUT2D eigenvalue weighted by atomic mass is 16.5. The number of allylic oxidation sites excluding steroid dienone is 2. The Labute approximate surface area is 114 Å². The Balaban J connectivity index is 2.42. The molecule has 0 N–H and O–H groups in total. The lowest BCUT2D eigenvalue weighted by Crippen LogP contribution is -2.40.